The summed E-state index contributed by atoms with van der Waals surface area (Å²) < 4.78 is 13.4. The van der Waals surface area contributed by atoms with Gasteiger partial charge in [-0.25, -0.2) is 4.39 Å². The minimum absolute atomic E-state index is 0.137. The maximum absolute atomic E-state index is 13.4. The summed E-state index contributed by atoms with van der Waals surface area (Å²) in [6.45, 7) is 0. The molecule has 0 bridgehead atoms. The van der Waals surface area contributed by atoms with Crippen molar-refractivity contribution in [3.63, 3.8) is 0 Å². The Labute approximate surface area is 124 Å². The van der Waals surface area contributed by atoms with Crippen molar-refractivity contribution in [1.29, 1.82) is 0 Å². The highest BCUT2D eigenvalue weighted by Gasteiger charge is 2.15. The Hall–Kier alpha value is -1.03. The van der Waals surface area contributed by atoms with Crippen molar-refractivity contribution in [3.8, 4) is 0 Å². The Morgan fingerprint density at radius 3 is 2.75 bits per heavy atom. The molecule has 1 aromatic carbocycles. The van der Waals surface area contributed by atoms with Crippen molar-refractivity contribution in [1.82, 2.24) is 5.32 Å². The first kappa shape index (κ1) is 15.4. The van der Waals surface area contributed by atoms with Crippen LogP contribution >= 0.6 is 11.8 Å². The second-order valence-corrected chi connectivity index (χ2v) is 6.40. The van der Waals surface area contributed by atoms with Crippen molar-refractivity contribution in [2.24, 2.45) is 0 Å². The number of hydrogen-bond donors (Lipinski definition) is 1. The number of amides is 1. The molecule has 1 N–H and O–H groups in total. The highest BCUT2D eigenvalue weighted by molar-refractivity contribution is 7.98. The van der Waals surface area contributed by atoms with E-state index in [9.17, 15) is 9.18 Å². The maximum atomic E-state index is 13.4. The first-order valence-corrected chi connectivity index (χ1v) is 8.51. The van der Waals surface area contributed by atoms with Crippen LogP contribution in [0.3, 0.4) is 0 Å². The van der Waals surface area contributed by atoms with E-state index in [0.29, 0.717) is 23.8 Å². The van der Waals surface area contributed by atoms with Gasteiger partial charge >= 0.3 is 0 Å². The van der Waals surface area contributed by atoms with Gasteiger partial charge in [0, 0.05) is 24.0 Å². The number of nitrogens with one attached hydrogen (secondary N) is 1. The molecule has 0 atom stereocenters. The molecule has 0 heterocycles. The SMILES string of the molecule is O=C(CCSCc1ccccc1F)NC1CCCCC1. The normalized spacial score (nSPS) is 16.1. The smallest absolute Gasteiger partial charge is 0.221 e. The quantitative estimate of drug-likeness (QED) is 0.807. The van der Waals surface area contributed by atoms with Gasteiger partial charge in [-0.1, -0.05) is 37.5 Å². The molecule has 0 spiro atoms. The second-order valence-electron chi connectivity index (χ2n) is 5.30. The van der Waals surface area contributed by atoms with Crippen LogP contribution in [0.4, 0.5) is 4.39 Å². The largest absolute Gasteiger partial charge is 0.353 e. The van der Waals surface area contributed by atoms with E-state index in [1.807, 2.05) is 6.07 Å². The van der Waals surface area contributed by atoms with Crippen LogP contribution in [0, 0.1) is 5.82 Å². The third kappa shape index (κ3) is 5.16. The van der Waals surface area contributed by atoms with E-state index in [1.54, 1.807) is 23.9 Å². The van der Waals surface area contributed by atoms with Gasteiger partial charge in [-0.15, -0.1) is 0 Å². The molecule has 2 rings (SSSR count). The number of carbonyl (C=O) groups excluding carboxylic acids is 1. The van der Waals surface area contributed by atoms with E-state index >= 15 is 0 Å². The molecule has 110 valence electrons. The molecule has 1 saturated carbocycles. The maximum Gasteiger partial charge on any atom is 0.221 e. The lowest BCUT2D eigenvalue weighted by Crippen LogP contribution is -2.36. The molecule has 4 heteroatoms. The van der Waals surface area contributed by atoms with Gasteiger partial charge in [-0.05, 0) is 24.5 Å². The predicted octanol–water partition coefficient (Wildman–Crippen LogP) is 3.90. The zero-order valence-corrected chi connectivity index (χ0v) is 12.6. The van der Waals surface area contributed by atoms with Crippen LogP contribution < -0.4 is 5.32 Å². The molecule has 1 aliphatic carbocycles. The second kappa shape index (κ2) is 8.30. The summed E-state index contributed by atoms with van der Waals surface area (Å²) >= 11 is 1.61. The van der Waals surface area contributed by atoms with Crippen LogP contribution in [0.15, 0.2) is 24.3 Å². The van der Waals surface area contributed by atoms with Crippen molar-refractivity contribution in [2.75, 3.05) is 5.75 Å². The van der Waals surface area contributed by atoms with Crippen LogP contribution in [0.25, 0.3) is 0 Å². The lowest BCUT2D eigenvalue weighted by Gasteiger charge is -2.22. The Balaban J connectivity index is 1.60. The number of rotatable bonds is 6. The van der Waals surface area contributed by atoms with Crippen LogP contribution in [0.5, 0.6) is 0 Å². The lowest BCUT2D eigenvalue weighted by atomic mass is 9.95. The molecule has 1 amide bonds. The van der Waals surface area contributed by atoms with E-state index < -0.39 is 0 Å². The fourth-order valence-electron chi connectivity index (χ4n) is 2.51. The number of hydrogen-bond acceptors (Lipinski definition) is 2. The summed E-state index contributed by atoms with van der Waals surface area (Å²) in [5, 5.41) is 3.10. The summed E-state index contributed by atoms with van der Waals surface area (Å²) in [5.74, 6) is 1.35. The minimum atomic E-state index is -0.161. The lowest BCUT2D eigenvalue weighted by molar-refractivity contribution is -0.121. The molecule has 1 fully saturated rings. The van der Waals surface area contributed by atoms with Gasteiger partial charge in [0.15, 0.2) is 0 Å². The van der Waals surface area contributed by atoms with Gasteiger partial charge in [0.2, 0.25) is 5.91 Å². The monoisotopic (exact) mass is 295 g/mol. The number of thioether (sulfide) groups is 1. The highest BCUT2D eigenvalue weighted by atomic mass is 32.2. The van der Waals surface area contributed by atoms with E-state index in [-0.39, 0.29) is 11.7 Å². The van der Waals surface area contributed by atoms with Gasteiger partial charge in [0.1, 0.15) is 5.82 Å². The van der Waals surface area contributed by atoms with Crippen molar-refractivity contribution in [3.05, 3.63) is 35.6 Å². The number of carbonyl (C=O) groups is 1. The first-order chi connectivity index (χ1) is 9.75. The zero-order chi connectivity index (χ0) is 14.2. The average molecular weight is 295 g/mol. The van der Waals surface area contributed by atoms with Gasteiger partial charge in [-0.3, -0.25) is 4.79 Å². The Morgan fingerprint density at radius 1 is 1.25 bits per heavy atom. The van der Waals surface area contributed by atoms with Crippen molar-refractivity contribution < 1.29 is 9.18 Å². The van der Waals surface area contributed by atoms with Crippen LogP contribution in [0.1, 0.15) is 44.1 Å². The van der Waals surface area contributed by atoms with Gasteiger partial charge in [0.25, 0.3) is 0 Å². The van der Waals surface area contributed by atoms with E-state index in [4.69, 9.17) is 0 Å². The molecule has 1 aromatic rings. The summed E-state index contributed by atoms with van der Waals surface area (Å²) in [6, 6.07) is 7.19. The summed E-state index contributed by atoms with van der Waals surface area (Å²) in [4.78, 5) is 11.8. The van der Waals surface area contributed by atoms with Gasteiger partial charge < -0.3 is 5.32 Å². The molecule has 1 aliphatic rings. The molecule has 2 nitrogen and oxygen atoms in total. The molecule has 0 unspecified atom stereocenters. The Morgan fingerprint density at radius 2 is 2.00 bits per heavy atom. The third-order valence-corrected chi connectivity index (χ3v) is 4.67. The van der Waals surface area contributed by atoms with E-state index in [0.717, 1.165) is 18.6 Å². The number of benzene rings is 1. The van der Waals surface area contributed by atoms with Gasteiger partial charge in [0.05, 0.1) is 0 Å². The van der Waals surface area contributed by atoms with E-state index in [1.165, 1.54) is 25.3 Å². The minimum Gasteiger partial charge on any atom is -0.353 e. The predicted molar refractivity (Wildman–Crippen MR) is 82.2 cm³/mol. The summed E-state index contributed by atoms with van der Waals surface area (Å²) in [5.41, 5.74) is 0.713. The first-order valence-electron chi connectivity index (χ1n) is 7.36. The fourth-order valence-corrected chi connectivity index (χ4v) is 3.44. The molecular weight excluding hydrogens is 273 g/mol. The molecule has 0 aliphatic heterocycles. The van der Waals surface area contributed by atoms with Crippen LogP contribution in [0.2, 0.25) is 0 Å². The molecule has 20 heavy (non-hydrogen) atoms. The highest BCUT2D eigenvalue weighted by Crippen LogP contribution is 2.18. The topological polar surface area (TPSA) is 29.1 Å². The summed E-state index contributed by atoms with van der Waals surface area (Å²) in [7, 11) is 0. The zero-order valence-electron chi connectivity index (χ0n) is 11.7. The standard InChI is InChI=1S/C16H22FNOS/c17-15-9-5-4-6-13(15)12-20-11-10-16(19)18-14-7-2-1-3-8-14/h4-6,9,14H,1-3,7-8,10-12H2,(H,18,19). The van der Waals surface area contributed by atoms with Crippen LogP contribution in [-0.4, -0.2) is 17.7 Å². The Kier molecular flexibility index (Phi) is 6.37. The van der Waals surface area contributed by atoms with Crippen molar-refractivity contribution >= 4 is 17.7 Å². The fraction of sp³-hybridized carbons (Fsp3) is 0.562. The van der Waals surface area contributed by atoms with Crippen LogP contribution in [-0.2, 0) is 10.5 Å². The van der Waals surface area contributed by atoms with Gasteiger partial charge in [-0.2, -0.15) is 11.8 Å². The van der Waals surface area contributed by atoms with E-state index in [2.05, 4.69) is 5.32 Å². The number of halogens is 1. The van der Waals surface area contributed by atoms with Crippen molar-refractivity contribution in [2.45, 2.75) is 50.3 Å². The Bertz CT molecular complexity index is 432. The average Bonchev–Trinajstić information content (AvgIpc) is 2.46. The third-order valence-electron chi connectivity index (χ3n) is 3.66. The molecule has 0 radical (unpaired) electrons. The molecule has 0 aromatic heterocycles. The molecular formula is C16H22FNOS. The summed E-state index contributed by atoms with van der Waals surface area (Å²) in [6.07, 6.45) is 6.52. The molecule has 0 saturated heterocycles.